The van der Waals surface area contributed by atoms with Crippen molar-refractivity contribution in [2.75, 3.05) is 18.6 Å². The Kier molecular flexibility index (Phi) is 4.09. The summed E-state index contributed by atoms with van der Waals surface area (Å²) in [5.41, 5.74) is 1.73. The summed E-state index contributed by atoms with van der Waals surface area (Å²) in [6, 6.07) is 7.84. The Balaban J connectivity index is 2.04. The molecule has 0 radical (unpaired) electrons. The van der Waals surface area contributed by atoms with E-state index in [1.165, 1.54) is 0 Å². The van der Waals surface area contributed by atoms with Gasteiger partial charge in [0.15, 0.2) is 0 Å². The van der Waals surface area contributed by atoms with E-state index in [0.29, 0.717) is 0 Å². The molecule has 0 aliphatic carbocycles. The van der Waals surface area contributed by atoms with Crippen LogP contribution in [0.1, 0.15) is 16.8 Å². The van der Waals surface area contributed by atoms with Gasteiger partial charge in [-0.3, -0.25) is 4.79 Å². The lowest BCUT2D eigenvalue weighted by molar-refractivity contribution is 0.0955. The minimum absolute atomic E-state index is 0.00329. The summed E-state index contributed by atoms with van der Waals surface area (Å²) >= 11 is 1.80. The molecule has 1 amide bonds. The zero-order chi connectivity index (χ0) is 12.1. The van der Waals surface area contributed by atoms with Gasteiger partial charge in [-0.25, -0.2) is 0 Å². The fourth-order valence-electron chi connectivity index (χ4n) is 1.77. The number of aromatic nitrogens is 1. The molecular weight excluding hydrogens is 232 g/mol. The predicted octanol–water partition coefficient (Wildman–Crippen LogP) is 2.65. The monoisotopic (exact) mass is 248 g/mol. The number of benzene rings is 1. The first-order valence-corrected chi connectivity index (χ1v) is 7.05. The van der Waals surface area contributed by atoms with Crippen LogP contribution in [0.15, 0.2) is 30.5 Å². The third kappa shape index (κ3) is 2.82. The van der Waals surface area contributed by atoms with Crippen LogP contribution in [-0.2, 0) is 0 Å². The maximum absolute atomic E-state index is 11.9. The average molecular weight is 248 g/mol. The third-order valence-corrected chi connectivity index (χ3v) is 3.34. The molecule has 0 fully saturated rings. The quantitative estimate of drug-likeness (QED) is 0.799. The van der Waals surface area contributed by atoms with Crippen LogP contribution in [0.3, 0.4) is 0 Å². The number of para-hydroxylation sites is 1. The molecule has 0 spiro atoms. The third-order valence-electron chi connectivity index (χ3n) is 2.64. The summed E-state index contributed by atoms with van der Waals surface area (Å²) in [6.07, 6.45) is 4.85. The zero-order valence-corrected chi connectivity index (χ0v) is 10.6. The van der Waals surface area contributed by atoms with Crippen molar-refractivity contribution in [2.45, 2.75) is 6.42 Å². The van der Waals surface area contributed by atoms with Gasteiger partial charge in [-0.05, 0) is 24.5 Å². The molecule has 0 unspecified atom stereocenters. The van der Waals surface area contributed by atoms with E-state index in [1.807, 2.05) is 24.3 Å². The maximum Gasteiger partial charge on any atom is 0.253 e. The lowest BCUT2D eigenvalue weighted by Gasteiger charge is -2.03. The summed E-state index contributed by atoms with van der Waals surface area (Å²) in [4.78, 5) is 15.1. The molecule has 0 aliphatic rings. The maximum atomic E-state index is 11.9. The highest BCUT2D eigenvalue weighted by atomic mass is 32.2. The number of thioether (sulfide) groups is 1. The number of fused-ring (bicyclic) bond motifs is 1. The fourth-order valence-corrected chi connectivity index (χ4v) is 2.21. The van der Waals surface area contributed by atoms with E-state index in [1.54, 1.807) is 18.0 Å². The summed E-state index contributed by atoms with van der Waals surface area (Å²) in [5, 5.41) is 3.92. The lowest BCUT2D eigenvalue weighted by Crippen LogP contribution is -2.24. The number of nitrogens with one attached hydrogen (secondary N) is 2. The van der Waals surface area contributed by atoms with Crippen LogP contribution in [-0.4, -0.2) is 29.4 Å². The highest BCUT2D eigenvalue weighted by Gasteiger charge is 2.10. The first-order chi connectivity index (χ1) is 8.33. The molecule has 1 aromatic heterocycles. The van der Waals surface area contributed by atoms with Gasteiger partial charge in [-0.2, -0.15) is 11.8 Å². The standard InChI is InChI=1S/C13H16N2OS/c1-17-8-4-7-14-13(16)11-9-15-12-6-3-2-5-10(11)12/h2-3,5-6,9,15H,4,7-8H2,1H3,(H,14,16). The molecule has 90 valence electrons. The Morgan fingerprint density at radius 3 is 3.06 bits per heavy atom. The van der Waals surface area contributed by atoms with Gasteiger partial charge < -0.3 is 10.3 Å². The summed E-state index contributed by atoms with van der Waals surface area (Å²) < 4.78 is 0. The average Bonchev–Trinajstić information content (AvgIpc) is 2.78. The topological polar surface area (TPSA) is 44.9 Å². The van der Waals surface area contributed by atoms with Crippen LogP contribution in [0, 0.1) is 0 Å². The molecule has 2 N–H and O–H groups in total. The van der Waals surface area contributed by atoms with E-state index in [2.05, 4.69) is 16.6 Å². The highest BCUT2D eigenvalue weighted by molar-refractivity contribution is 7.98. The molecular formula is C13H16N2OS. The van der Waals surface area contributed by atoms with Gasteiger partial charge in [-0.15, -0.1) is 0 Å². The second-order valence-corrected chi connectivity index (χ2v) is 4.84. The molecule has 2 rings (SSSR count). The van der Waals surface area contributed by atoms with Crippen molar-refractivity contribution < 1.29 is 4.79 Å². The van der Waals surface area contributed by atoms with Crippen LogP contribution < -0.4 is 5.32 Å². The summed E-state index contributed by atoms with van der Waals surface area (Å²) in [7, 11) is 0. The molecule has 0 atom stereocenters. The molecule has 0 aliphatic heterocycles. The zero-order valence-electron chi connectivity index (χ0n) is 9.82. The van der Waals surface area contributed by atoms with E-state index in [0.717, 1.165) is 35.2 Å². The Morgan fingerprint density at radius 2 is 2.24 bits per heavy atom. The number of H-pyrrole nitrogens is 1. The summed E-state index contributed by atoms with van der Waals surface area (Å²) in [5.74, 6) is 1.08. The molecule has 4 heteroatoms. The Hall–Kier alpha value is -1.42. The van der Waals surface area contributed by atoms with Crippen molar-refractivity contribution in [3.63, 3.8) is 0 Å². The molecule has 0 bridgehead atoms. The van der Waals surface area contributed by atoms with Crippen molar-refractivity contribution in [3.8, 4) is 0 Å². The largest absolute Gasteiger partial charge is 0.360 e. The van der Waals surface area contributed by atoms with E-state index in [4.69, 9.17) is 0 Å². The SMILES string of the molecule is CSCCCNC(=O)c1c[nH]c2ccccc12. The Labute approximate surface area is 105 Å². The Bertz CT molecular complexity index is 507. The van der Waals surface area contributed by atoms with Gasteiger partial charge in [0.2, 0.25) is 0 Å². The molecule has 3 nitrogen and oxygen atoms in total. The number of aromatic amines is 1. The number of carbonyl (C=O) groups is 1. The predicted molar refractivity (Wildman–Crippen MR) is 73.6 cm³/mol. The fraction of sp³-hybridized carbons (Fsp3) is 0.308. The van der Waals surface area contributed by atoms with Crippen molar-refractivity contribution >= 4 is 28.6 Å². The van der Waals surface area contributed by atoms with Crippen molar-refractivity contribution in [1.29, 1.82) is 0 Å². The number of rotatable bonds is 5. The summed E-state index contributed by atoms with van der Waals surface area (Å²) in [6.45, 7) is 0.735. The van der Waals surface area contributed by atoms with Gasteiger partial charge >= 0.3 is 0 Å². The van der Waals surface area contributed by atoms with E-state index in [9.17, 15) is 4.79 Å². The van der Waals surface area contributed by atoms with E-state index in [-0.39, 0.29) is 5.91 Å². The number of amides is 1. The van der Waals surface area contributed by atoms with Crippen molar-refractivity contribution in [1.82, 2.24) is 10.3 Å². The van der Waals surface area contributed by atoms with Crippen LogP contribution >= 0.6 is 11.8 Å². The highest BCUT2D eigenvalue weighted by Crippen LogP contribution is 2.17. The molecule has 17 heavy (non-hydrogen) atoms. The first-order valence-electron chi connectivity index (χ1n) is 5.66. The van der Waals surface area contributed by atoms with Crippen LogP contribution in [0.25, 0.3) is 10.9 Å². The first kappa shape index (κ1) is 12.0. The second-order valence-electron chi connectivity index (χ2n) is 3.85. The molecule has 0 saturated carbocycles. The van der Waals surface area contributed by atoms with Gasteiger partial charge in [0, 0.05) is 23.6 Å². The molecule has 0 saturated heterocycles. The minimum Gasteiger partial charge on any atom is -0.360 e. The smallest absolute Gasteiger partial charge is 0.253 e. The van der Waals surface area contributed by atoms with Crippen LogP contribution in [0.2, 0.25) is 0 Å². The number of hydrogen-bond donors (Lipinski definition) is 2. The van der Waals surface area contributed by atoms with Gasteiger partial charge in [-0.1, -0.05) is 18.2 Å². The Morgan fingerprint density at radius 1 is 1.41 bits per heavy atom. The lowest BCUT2D eigenvalue weighted by atomic mass is 10.1. The van der Waals surface area contributed by atoms with Gasteiger partial charge in [0.1, 0.15) is 0 Å². The van der Waals surface area contributed by atoms with Crippen molar-refractivity contribution in [2.24, 2.45) is 0 Å². The minimum atomic E-state index is 0.00329. The van der Waals surface area contributed by atoms with E-state index >= 15 is 0 Å². The van der Waals surface area contributed by atoms with Gasteiger partial charge in [0.05, 0.1) is 5.56 Å². The van der Waals surface area contributed by atoms with Crippen LogP contribution in [0.4, 0.5) is 0 Å². The normalized spacial score (nSPS) is 10.6. The van der Waals surface area contributed by atoms with Crippen molar-refractivity contribution in [3.05, 3.63) is 36.0 Å². The van der Waals surface area contributed by atoms with E-state index < -0.39 is 0 Å². The molecule has 2 aromatic rings. The van der Waals surface area contributed by atoms with Gasteiger partial charge in [0.25, 0.3) is 5.91 Å². The van der Waals surface area contributed by atoms with Crippen LogP contribution in [0.5, 0.6) is 0 Å². The second kappa shape index (κ2) is 5.77. The number of hydrogen-bond acceptors (Lipinski definition) is 2. The molecule has 1 heterocycles. The number of carbonyl (C=O) groups excluding carboxylic acids is 1. The molecule has 1 aromatic carbocycles.